The van der Waals surface area contributed by atoms with Crippen LogP contribution in [0, 0.1) is 0 Å². The van der Waals surface area contributed by atoms with Gasteiger partial charge in [0.2, 0.25) is 0 Å². The molecule has 0 aromatic carbocycles. The van der Waals surface area contributed by atoms with Crippen molar-refractivity contribution in [3.05, 3.63) is 0 Å². The van der Waals surface area contributed by atoms with Gasteiger partial charge in [-0.1, -0.05) is 90.9 Å². The van der Waals surface area contributed by atoms with Crippen molar-refractivity contribution in [3.8, 4) is 0 Å². The second-order valence-electron chi connectivity index (χ2n) is 7.08. The minimum Gasteiger partial charge on any atom is -0.394 e. The van der Waals surface area contributed by atoms with E-state index >= 15 is 0 Å². The molecule has 0 radical (unpaired) electrons. The first-order chi connectivity index (χ1) is 11.7. The maximum Gasteiger partial charge on any atom is 0.0895 e. The summed E-state index contributed by atoms with van der Waals surface area (Å²) >= 11 is 1.95. The first-order valence-electron chi connectivity index (χ1n) is 10.6. The lowest BCUT2D eigenvalue weighted by Crippen LogP contribution is -2.21. The quantitative estimate of drug-likeness (QED) is 0.263. The lowest BCUT2D eigenvalue weighted by Gasteiger charge is -2.17. The van der Waals surface area contributed by atoms with Crippen LogP contribution >= 0.6 is 11.8 Å². The van der Waals surface area contributed by atoms with Crippen molar-refractivity contribution in [1.29, 1.82) is 0 Å². The van der Waals surface area contributed by atoms with Crippen LogP contribution in [0.5, 0.6) is 0 Å². The van der Waals surface area contributed by atoms with Crippen LogP contribution in [-0.2, 0) is 4.74 Å². The molecule has 2 atom stereocenters. The average molecular weight is 361 g/mol. The van der Waals surface area contributed by atoms with E-state index in [-0.39, 0.29) is 12.7 Å². The van der Waals surface area contributed by atoms with Crippen LogP contribution < -0.4 is 0 Å². The van der Waals surface area contributed by atoms with Gasteiger partial charge in [-0.05, 0) is 13.3 Å². The molecule has 24 heavy (non-hydrogen) atoms. The van der Waals surface area contributed by atoms with E-state index in [4.69, 9.17) is 4.74 Å². The summed E-state index contributed by atoms with van der Waals surface area (Å²) in [7, 11) is 0. The molecule has 0 rings (SSSR count). The molecule has 0 aliphatic heterocycles. The molecule has 2 unspecified atom stereocenters. The van der Waals surface area contributed by atoms with Crippen LogP contribution in [0.15, 0.2) is 0 Å². The first-order valence-corrected chi connectivity index (χ1v) is 11.6. The Bertz CT molecular complexity index is 236. The normalized spacial score (nSPS) is 14.0. The SMILES string of the molecule is CCCCCCCCCCCCCCC(C)SCC(CO)OCC. The van der Waals surface area contributed by atoms with Crippen molar-refractivity contribution >= 4 is 11.8 Å². The van der Waals surface area contributed by atoms with Gasteiger partial charge in [0.05, 0.1) is 12.7 Å². The Morgan fingerprint density at radius 2 is 1.29 bits per heavy atom. The maximum absolute atomic E-state index is 9.22. The highest BCUT2D eigenvalue weighted by molar-refractivity contribution is 7.99. The highest BCUT2D eigenvalue weighted by atomic mass is 32.2. The van der Waals surface area contributed by atoms with Crippen molar-refractivity contribution in [2.75, 3.05) is 19.0 Å². The number of rotatable bonds is 19. The van der Waals surface area contributed by atoms with Crippen LogP contribution in [0.4, 0.5) is 0 Å². The fraction of sp³-hybridized carbons (Fsp3) is 1.00. The van der Waals surface area contributed by atoms with Crippen molar-refractivity contribution < 1.29 is 9.84 Å². The van der Waals surface area contributed by atoms with E-state index in [0.717, 1.165) is 5.75 Å². The highest BCUT2D eigenvalue weighted by Gasteiger charge is 2.10. The van der Waals surface area contributed by atoms with Gasteiger partial charge in [0.25, 0.3) is 0 Å². The monoisotopic (exact) mass is 360 g/mol. The number of thioether (sulfide) groups is 1. The zero-order valence-electron chi connectivity index (χ0n) is 16.7. The molecule has 0 amide bonds. The van der Waals surface area contributed by atoms with Gasteiger partial charge < -0.3 is 9.84 Å². The first kappa shape index (κ1) is 24.3. The number of aliphatic hydroxyl groups excluding tert-OH is 1. The van der Waals surface area contributed by atoms with Crippen molar-refractivity contribution in [1.82, 2.24) is 0 Å². The highest BCUT2D eigenvalue weighted by Crippen LogP contribution is 2.20. The molecule has 0 saturated heterocycles. The predicted molar refractivity (Wildman–Crippen MR) is 110 cm³/mol. The predicted octanol–water partition coefficient (Wildman–Crippen LogP) is 6.60. The number of aliphatic hydroxyl groups is 1. The number of unbranched alkanes of at least 4 members (excludes halogenated alkanes) is 11. The van der Waals surface area contributed by atoms with E-state index in [1.54, 1.807) is 0 Å². The van der Waals surface area contributed by atoms with Crippen LogP contribution in [0.25, 0.3) is 0 Å². The van der Waals surface area contributed by atoms with Gasteiger partial charge in [-0.15, -0.1) is 0 Å². The molecule has 2 nitrogen and oxygen atoms in total. The number of hydrogen-bond donors (Lipinski definition) is 1. The summed E-state index contributed by atoms with van der Waals surface area (Å²) in [6.45, 7) is 7.42. The van der Waals surface area contributed by atoms with Gasteiger partial charge in [-0.2, -0.15) is 11.8 Å². The summed E-state index contributed by atoms with van der Waals surface area (Å²) in [6.07, 6.45) is 18.3. The van der Waals surface area contributed by atoms with Gasteiger partial charge in [0.15, 0.2) is 0 Å². The Balaban J connectivity index is 3.25. The minimum atomic E-state index is 0.0180. The summed E-state index contributed by atoms with van der Waals surface area (Å²) in [6, 6.07) is 0. The van der Waals surface area contributed by atoms with Crippen molar-refractivity contribution in [2.45, 2.75) is 116 Å². The topological polar surface area (TPSA) is 29.5 Å². The van der Waals surface area contributed by atoms with E-state index in [1.807, 2.05) is 18.7 Å². The number of hydrogen-bond acceptors (Lipinski definition) is 3. The zero-order chi connectivity index (χ0) is 17.9. The van der Waals surface area contributed by atoms with Crippen molar-refractivity contribution in [3.63, 3.8) is 0 Å². The molecule has 0 aliphatic carbocycles. The summed E-state index contributed by atoms with van der Waals surface area (Å²) < 4.78 is 5.49. The van der Waals surface area contributed by atoms with Crippen LogP contribution in [0.2, 0.25) is 0 Å². The minimum absolute atomic E-state index is 0.0180. The molecule has 0 fully saturated rings. The Labute approximate surface area is 156 Å². The smallest absolute Gasteiger partial charge is 0.0895 e. The Morgan fingerprint density at radius 3 is 1.75 bits per heavy atom. The fourth-order valence-electron chi connectivity index (χ4n) is 3.02. The second-order valence-corrected chi connectivity index (χ2v) is 8.55. The second kappa shape index (κ2) is 19.6. The molecule has 0 heterocycles. The summed E-state index contributed by atoms with van der Waals surface area (Å²) in [5.41, 5.74) is 0. The lowest BCUT2D eigenvalue weighted by atomic mass is 10.0. The zero-order valence-corrected chi connectivity index (χ0v) is 17.5. The molecular weight excluding hydrogens is 316 g/mol. The molecule has 3 heteroatoms. The molecule has 1 N–H and O–H groups in total. The van der Waals surface area contributed by atoms with Crippen LogP contribution in [0.1, 0.15) is 104 Å². The van der Waals surface area contributed by atoms with Gasteiger partial charge in [0.1, 0.15) is 0 Å². The van der Waals surface area contributed by atoms with Crippen LogP contribution in [-0.4, -0.2) is 35.4 Å². The maximum atomic E-state index is 9.22. The third kappa shape index (κ3) is 17.1. The fourth-order valence-corrected chi connectivity index (χ4v) is 4.10. The molecule has 0 aliphatic rings. The molecular formula is C21H44O2S. The van der Waals surface area contributed by atoms with Gasteiger partial charge >= 0.3 is 0 Å². The number of ether oxygens (including phenoxy) is 1. The molecule has 0 spiro atoms. The molecule has 0 bridgehead atoms. The Hall–Kier alpha value is 0.270. The average Bonchev–Trinajstić information content (AvgIpc) is 2.59. The van der Waals surface area contributed by atoms with Crippen LogP contribution in [0.3, 0.4) is 0 Å². The van der Waals surface area contributed by atoms with E-state index in [2.05, 4.69) is 13.8 Å². The summed E-state index contributed by atoms with van der Waals surface area (Å²) in [5, 5.41) is 9.90. The Morgan fingerprint density at radius 1 is 0.792 bits per heavy atom. The van der Waals surface area contributed by atoms with E-state index in [0.29, 0.717) is 11.9 Å². The Kier molecular flexibility index (Phi) is 19.8. The molecule has 0 saturated carbocycles. The summed E-state index contributed by atoms with van der Waals surface area (Å²) in [5.74, 6) is 0.920. The summed E-state index contributed by atoms with van der Waals surface area (Å²) in [4.78, 5) is 0. The van der Waals surface area contributed by atoms with Gasteiger partial charge in [0, 0.05) is 17.6 Å². The molecule has 0 aromatic rings. The van der Waals surface area contributed by atoms with Gasteiger partial charge in [-0.25, -0.2) is 0 Å². The van der Waals surface area contributed by atoms with Gasteiger partial charge in [-0.3, -0.25) is 0 Å². The molecule has 146 valence electrons. The van der Waals surface area contributed by atoms with Crippen molar-refractivity contribution in [2.24, 2.45) is 0 Å². The lowest BCUT2D eigenvalue weighted by molar-refractivity contribution is 0.0355. The third-order valence-corrected chi connectivity index (χ3v) is 6.01. The van der Waals surface area contributed by atoms with E-state index in [9.17, 15) is 5.11 Å². The van der Waals surface area contributed by atoms with E-state index < -0.39 is 0 Å². The largest absolute Gasteiger partial charge is 0.394 e. The standard InChI is InChI=1S/C21H44O2S/c1-4-6-7-8-9-10-11-12-13-14-15-16-17-20(3)24-19-21(18-22)23-5-2/h20-22H,4-19H2,1-3H3. The molecule has 0 aromatic heterocycles. The van der Waals surface area contributed by atoms with E-state index in [1.165, 1.54) is 83.5 Å². The third-order valence-electron chi connectivity index (χ3n) is 4.64.